The molecule has 4 heteroatoms. The Morgan fingerprint density at radius 1 is 1.19 bits per heavy atom. The standard InChI is InChI=1S/C12H13NO3/c1-15-10-4-7-6-3-8(6)12(14)13-9(7)5-11(10)16-2/h4-6,8H,3H2,1-2H3,(H,13,14). The molecule has 0 radical (unpaired) electrons. The second-order valence-corrected chi connectivity index (χ2v) is 4.23. The minimum Gasteiger partial charge on any atom is -0.493 e. The molecule has 1 saturated carbocycles. The Kier molecular flexibility index (Phi) is 1.87. The zero-order valence-electron chi connectivity index (χ0n) is 9.24. The Balaban J connectivity index is 2.10. The van der Waals surface area contributed by atoms with Crippen molar-refractivity contribution in [2.24, 2.45) is 5.92 Å². The maximum Gasteiger partial charge on any atom is 0.228 e. The lowest BCUT2D eigenvalue weighted by atomic mass is 10.0. The number of amides is 1. The van der Waals surface area contributed by atoms with Gasteiger partial charge in [-0.2, -0.15) is 0 Å². The van der Waals surface area contributed by atoms with E-state index >= 15 is 0 Å². The highest BCUT2D eigenvalue weighted by molar-refractivity contribution is 5.99. The number of hydrogen-bond donors (Lipinski definition) is 1. The number of rotatable bonds is 2. The van der Waals surface area contributed by atoms with Crippen LogP contribution in [0.3, 0.4) is 0 Å². The van der Waals surface area contributed by atoms with E-state index in [-0.39, 0.29) is 11.8 Å². The first-order valence-electron chi connectivity index (χ1n) is 5.31. The van der Waals surface area contributed by atoms with Crippen LogP contribution in [0.15, 0.2) is 12.1 Å². The first-order valence-corrected chi connectivity index (χ1v) is 5.31. The van der Waals surface area contributed by atoms with Crippen molar-refractivity contribution in [1.82, 2.24) is 0 Å². The molecule has 2 unspecified atom stereocenters. The van der Waals surface area contributed by atoms with Gasteiger partial charge in [0.05, 0.1) is 14.2 Å². The predicted octanol–water partition coefficient (Wildman–Crippen LogP) is 1.76. The van der Waals surface area contributed by atoms with Gasteiger partial charge in [-0.15, -0.1) is 0 Å². The molecule has 1 heterocycles. The summed E-state index contributed by atoms with van der Waals surface area (Å²) in [5, 5.41) is 2.90. The van der Waals surface area contributed by atoms with Gasteiger partial charge in [0, 0.05) is 17.7 Å². The maximum atomic E-state index is 11.6. The van der Waals surface area contributed by atoms with Crippen LogP contribution in [-0.2, 0) is 4.79 Å². The molecular weight excluding hydrogens is 206 g/mol. The summed E-state index contributed by atoms with van der Waals surface area (Å²) in [5.41, 5.74) is 2.03. The number of ether oxygens (including phenoxy) is 2. The smallest absolute Gasteiger partial charge is 0.228 e. The molecule has 16 heavy (non-hydrogen) atoms. The Morgan fingerprint density at radius 2 is 1.88 bits per heavy atom. The van der Waals surface area contributed by atoms with Crippen molar-refractivity contribution in [3.05, 3.63) is 17.7 Å². The van der Waals surface area contributed by atoms with Gasteiger partial charge >= 0.3 is 0 Å². The SMILES string of the molecule is COc1cc2c(cc1OC)C1CC1C(=O)N2. The number of nitrogens with one attached hydrogen (secondary N) is 1. The molecule has 3 rings (SSSR count). The van der Waals surface area contributed by atoms with Crippen LogP contribution < -0.4 is 14.8 Å². The molecule has 1 aromatic rings. The molecule has 2 aliphatic rings. The van der Waals surface area contributed by atoms with Gasteiger partial charge in [-0.25, -0.2) is 0 Å². The number of hydrogen-bond acceptors (Lipinski definition) is 3. The molecule has 1 amide bonds. The molecule has 1 aliphatic heterocycles. The summed E-state index contributed by atoms with van der Waals surface area (Å²) in [6, 6.07) is 3.80. The fourth-order valence-electron chi connectivity index (χ4n) is 2.36. The molecule has 1 aliphatic carbocycles. The van der Waals surface area contributed by atoms with Gasteiger partial charge in [-0.05, 0) is 24.0 Å². The number of carbonyl (C=O) groups excluding carboxylic acids is 1. The zero-order valence-corrected chi connectivity index (χ0v) is 9.24. The first kappa shape index (κ1) is 9.51. The van der Waals surface area contributed by atoms with Crippen molar-refractivity contribution in [1.29, 1.82) is 0 Å². The molecule has 84 valence electrons. The van der Waals surface area contributed by atoms with Crippen LogP contribution in [0, 0.1) is 5.92 Å². The summed E-state index contributed by atoms with van der Waals surface area (Å²) in [4.78, 5) is 11.6. The molecule has 0 aromatic heterocycles. The monoisotopic (exact) mass is 219 g/mol. The van der Waals surface area contributed by atoms with Gasteiger partial charge in [0.15, 0.2) is 11.5 Å². The highest BCUT2D eigenvalue weighted by atomic mass is 16.5. The summed E-state index contributed by atoms with van der Waals surface area (Å²) < 4.78 is 10.5. The summed E-state index contributed by atoms with van der Waals surface area (Å²) in [5.74, 6) is 2.06. The molecule has 0 saturated heterocycles. The van der Waals surface area contributed by atoms with Crippen LogP contribution in [0.2, 0.25) is 0 Å². The number of methoxy groups -OCH3 is 2. The van der Waals surface area contributed by atoms with E-state index in [1.165, 1.54) is 5.56 Å². The van der Waals surface area contributed by atoms with Crippen LogP contribution in [-0.4, -0.2) is 20.1 Å². The molecular formula is C12H13NO3. The number of benzene rings is 1. The first-order chi connectivity index (χ1) is 7.74. The molecule has 1 N–H and O–H groups in total. The number of fused-ring (bicyclic) bond motifs is 3. The third kappa shape index (κ3) is 1.19. The van der Waals surface area contributed by atoms with Gasteiger partial charge in [0.25, 0.3) is 0 Å². The fourth-order valence-corrected chi connectivity index (χ4v) is 2.36. The lowest BCUT2D eigenvalue weighted by Gasteiger charge is -2.18. The van der Waals surface area contributed by atoms with Crippen molar-refractivity contribution in [3.8, 4) is 11.5 Å². The van der Waals surface area contributed by atoms with Crippen LogP contribution >= 0.6 is 0 Å². The van der Waals surface area contributed by atoms with E-state index in [4.69, 9.17) is 9.47 Å². The Hall–Kier alpha value is -1.71. The van der Waals surface area contributed by atoms with Crippen molar-refractivity contribution in [2.75, 3.05) is 19.5 Å². The third-order valence-corrected chi connectivity index (χ3v) is 3.34. The molecule has 0 spiro atoms. The topological polar surface area (TPSA) is 47.6 Å². The van der Waals surface area contributed by atoms with E-state index in [2.05, 4.69) is 5.32 Å². The lowest BCUT2D eigenvalue weighted by molar-refractivity contribution is -0.117. The van der Waals surface area contributed by atoms with Gasteiger partial charge in [0.2, 0.25) is 5.91 Å². The van der Waals surface area contributed by atoms with E-state index in [0.29, 0.717) is 11.7 Å². The van der Waals surface area contributed by atoms with E-state index in [9.17, 15) is 4.79 Å². The molecule has 1 aromatic carbocycles. The van der Waals surface area contributed by atoms with Crippen molar-refractivity contribution in [3.63, 3.8) is 0 Å². The highest BCUT2D eigenvalue weighted by Crippen LogP contribution is 2.55. The molecule has 0 bridgehead atoms. The average Bonchev–Trinajstić information content (AvgIpc) is 3.08. The van der Waals surface area contributed by atoms with Gasteiger partial charge in [-0.1, -0.05) is 0 Å². The Labute approximate surface area is 93.5 Å². The number of carbonyl (C=O) groups is 1. The summed E-state index contributed by atoms with van der Waals surface area (Å²) >= 11 is 0. The Morgan fingerprint density at radius 3 is 2.56 bits per heavy atom. The fraction of sp³-hybridized carbons (Fsp3) is 0.417. The van der Waals surface area contributed by atoms with E-state index < -0.39 is 0 Å². The van der Waals surface area contributed by atoms with E-state index in [1.807, 2.05) is 12.1 Å². The molecule has 2 atom stereocenters. The van der Waals surface area contributed by atoms with Crippen molar-refractivity contribution in [2.45, 2.75) is 12.3 Å². The zero-order chi connectivity index (χ0) is 11.3. The second kappa shape index (κ2) is 3.14. The minimum absolute atomic E-state index is 0.129. The van der Waals surface area contributed by atoms with Crippen molar-refractivity contribution >= 4 is 11.6 Å². The quantitative estimate of drug-likeness (QED) is 0.824. The predicted molar refractivity (Wildman–Crippen MR) is 59.0 cm³/mol. The lowest BCUT2D eigenvalue weighted by Crippen LogP contribution is -2.19. The second-order valence-electron chi connectivity index (χ2n) is 4.23. The normalized spacial score (nSPS) is 25.2. The van der Waals surface area contributed by atoms with Gasteiger partial charge in [0.1, 0.15) is 0 Å². The molecule has 1 fully saturated rings. The van der Waals surface area contributed by atoms with E-state index in [1.54, 1.807) is 14.2 Å². The minimum atomic E-state index is 0.129. The number of anilines is 1. The van der Waals surface area contributed by atoms with E-state index in [0.717, 1.165) is 17.9 Å². The van der Waals surface area contributed by atoms with Gasteiger partial charge in [-0.3, -0.25) is 4.79 Å². The highest BCUT2D eigenvalue weighted by Gasteiger charge is 2.48. The largest absolute Gasteiger partial charge is 0.493 e. The summed E-state index contributed by atoms with van der Waals surface area (Å²) in [6.07, 6.45) is 0.953. The maximum absolute atomic E-state index is 11.6. The summed E-state index contributed by atoms with van der Waals surface area (Å²) in [6.45, 7) is 0. The molecule has 4 nitrogen and oxygen atoms in total. The van der Waals surface area contributed by atoms with Crippen LogP contribution in [0.5, 0.6) is 11.5 Å². The van der Waals surface area contributed by atoms with Gasteiger partial charge < -0.3 is 14.8 Å². The average molecular weight is 219 g/mol. The summed E-state index contributed by atoms with van der Waals surface area (Å²) in [7, 11) is 3.21. The van der Waals surface area contributed by atoms with Crippen molar-refractivity contribution < 1.29 is 14.3 Å². The van der Waals surface area contributed by atoms with Crippen LogP contribution in [0.1, 0.15) is 17.9 Å². The Bertz CT molecular complexity index is 470. The van der Waals surface area contributed by atoms with Crippen LogP contribution in [0.25, 0.3) is 0 Å². The third-order valence-electron chi connectivity index (χ3n) is 3.34. The van der Waals surface area contributed by atoms with Crippen LogP contribution in [0.4, 0.5) is 5.69 Å².